The van der Waals surface area contributed by atoms with Gasteiger partial charge < -0.3 is 24.4 Å². The van der Waals surface area contributed by atoms with Crippen LogP contribution in [0.15, 0.2) is 54.7 Å². The van der Waals surface area contributed by atoms with Crippen LogP contribution >= 0.6 is 12.2 Å². The molecule has 1 N–H and O–H groups in total. The number of methoxy groups -OCH3 is 1. The summed E-state index contributed by atoms with van der Waals surface area (Å²) < 4.78 is 7.07. The Morgan fingerprint density at radius 3 is 2.54 bits per heavy atom. The number of pyridine rings is 1. The number of thiocarbonyl (C=S) groups is 1. The number of carbonyl (C=O) groups is 1. The molecule has 1 fully saturated rings. The minimum absolute atomic E-state index is 0.0221. The Kier molecular flexibility index (Phi) is 7.52. The first-order chi connectivity index (χ1) is 16.8. The van der Waals surface area contributed by atoms with Crippen molar-refractivity contribution in [1.29, 1.82) is 0 Å². The Morgan fingerprint density at radius 1 is 1.17 bits per heavy atom. The number of nitrogens with zero attached hydrogens (tertiary/aromatic N) is 4. The number of ether oxygens (including phenoxy) is 1. The third-order valence-electron chi connectivity index (χ3n) is 6.54. The molecule has 1 saturated heterocycles. The van der Waals surface area contributed by atoms with Crippen LogP contribution < -0.4 is 5.32 Å². The van der Waals surface area contributed by atoms with Gasteiger partial charge in [0.2, 0.25) is 0 Å². The highest BCUT2D eigenvalue weighted by atomic mass is 32.1. The van der Waals surface area contributed by atoms with Gasteiger partial charge in [-0.15, -0.1) is 0 Å². The molecule has 0 unspecified atom stereocenters. The highest BCUT2D eigenvalue weighted by Crippen LogP contribution is 2.41. The van der Waals surface area contributed by atoms with Crippen LogP contribution in [0, 0.1) is 13.8 Å². The van der Waals surface area contributed by atoms with Crippen LogP contribution in [0.3, 0.4) is 0 Å². The number of nitrogens with one attached hydrogen (secondary N) is 1. The minimum atomic E-state index is -0.338. The molecule has 2 aromatic heterocycles. The van der Waals surface area contributed by atoms with E-state index in [9.17, 15) is 4.79 Å². The van der Waals surface area contributed by atoms with Crippen molar-refractivity contribution in [2.75, 3.05) is 34.3 Å². The molecule has 0 radical (unpaired) electrons. The summed E-state index contributed by atoms with van der Waals surface area (Å²) in [5, 5.41) is 4.31. The van der Waals surface area contributed by atoms with E-state index in [2.05, 4.69) is 64.7 Å². The van der Waals surface area contributed by atoms with Crippen LogP contribution in [-0.4, -0.2) is 64.7 Å². The summed E-state index contributed by atoms with van der Waals surface area (Å²) in [5.41, 5.74) is 5.99. The van der Waals surface area contributed by atoms with Gasteiger partial charge in [0.1, 0.15) is 0 Å². The zero-order valence-corrected chi connectivity index (χ0v) is 21.8. The topological polar surface area (TPSA) is 62.6 Å². The molecule has 2 atom stereocenters. The van der Waals surface area contributed by atoms with E-state index in [1.807, 2.05) is 30.5 Å². The average Bonchev–Trinajstić information content (AvgIpc) is 3.33. The summed E-state index contributed by atoms with van der Waals surface area (Å²) in [6.07, 6.45) is 2.84. The fraction of sp³-hybridized carbons (Fsp3) is 0.370. The Labute approximate surface area is 212 Å². The molecule has 0 spiro atoms. The maximum Gasteiger partial charge on any atom is 0.337 e. The zero-order chi connectivity index (χ0) is 25.1. The van der Waals surface area contributed by atoms with Gasteiger partial charge in [0.05, 0.1) is 30.5 Å². The molecule has 184 valence electrons. The number of aromatic nitrogens is 2. The lowest BCUT2D eigenvalue weighted by Gasteiger charge is -2.28. The molecule has 4 rings (SSSR count). The van der Waals surface area contributed by atoms with Crippen LogP contribution in [0.4, 0.5) is 0 Å². The fourth-order valence-electron chi connectivity index (χ4n) is 4.89. The maximum absolute atomic E-state index is 11.9. The SMILES string of the molecule is COC(=O)c1ccc(-n2c(C)cc([C@H]3[C@@H](c4ccccn4)NC(=S)N3CCCN(C)C)c2C)cc1. The second-order valence-electron chi connectivity index (χ2n) is 9.18. The first-order valence-electron chi connectivity index (χ1n) is 11.8. The number of hydrogen-bond acceptors (Lipinski definition) is 5. The van der Waals surface area contributed by atoms with Gasteiger partial charge in [0, 0.05) is 29.8 Å². The second-order valence-corrected chi connectivity index (χ2v) is 9.56. The third kappa shape index (κ3) is 5.09. The predicted octanol–water partition coefficient (Wildman–Crippen LogP) is 4.20. The normalized spacial score (nSPS) is 17.7. The predicted molar refractivity (Wildman–Crippen MR) is 142 cm³/mol. The molecule has 35 heavy (non-hydrogen) atoms. The van der Waals surface area contributed by atoms with Gasteiger partial charge >= 0.3 is 5.97 Å². The summed E-state index contributed by atoms with van der Waals surface area (Å²) in [7, 11) is 5.58. The Balaban J connectivity index is 1.74. The Hall–Kier alpha value is -3.23. The van der Waals surface area contributed by atoms with Crippen LogP contribution in [0.5, 0.6) is 0 Å². The molecular formula is C27H33N5O2S. The van der Waals surface area contributed by atoms with Gasteiger partial charge in [0.25, 0.3) is 0 Å². The maximum atomic E-state index is 11.9. The third-order valence-corrected chi connectivity index (χ3v) is 6.89. The van der Waals surface area contributed by atoms with Crippen LogP contribution in [0.1, 0.15) is 51.5 Å². The number of esters is 1. The lowest BCUT2D eigenvalue weighted by molar-refractivity contribution is 0.0600. The van der Waals surface area contributed by atoms with Crippen molar-refractivity contribution in [3.8, 4) is 5.69 Å². The first-order valence-corrected chi connectivity index (χ1v) is 12.2. The summed E-state index contributed by atoms with van der Waals surface area (Å²) in [6, 6.07) is 15.8. The van der Waals surface area contributed by atoms with Gasteiger partial charge in [-0.2, -0.15) is 0 Å². The van der Waals surface area contributed by atoms with Gasteiger partial charge in [-0.1, -0.05) is 6.07 Å². The molecule has 1 aliphatic heterocycles. The van der Waals surface area contributed by atoms with E-state index in [-0.39, 0.29) is 18.1 Å². The lowest BCUT2D eigenvalue weighted by Crippen LogP contribution is -2.32. The summed E-state index contributed by atoms with van der Waals surface area (Å²) >= 11 is 5.82. The molecule has 0 saturated carbocycles. The number of benzene rings is 1. The molecule has 0 bridgehead atoms. The number of carbonyl (C=O) groups excluding carboxylic acids is 1. The largest absolute Gasteiger partial charge is 0.465 e. The average molecular weight is 492 g/mol. The van der Waals surface area contributed by atoms with Crippen molar-refractivity contribution in [2.24, 2.45) is 0 Å². The van der Waals surface area contributed by atoms with E-state index >= 15 is 0 Å². The van der Waals surface area contributed by atoms with Crippen LogP contribution in [0.2, 0.25) is 0 Å². The lowest BCUT2D eigenvalue weighted by atomic mass is 9.96. The van der Waals surface area contributed by atoms with E-state index in [4.69, 9.17) is 17.0 Å². The van der Waals surface area contributed by atoms with Crippen molar-refractivity contribution in [1.82, 2.24) is 24.7 Å². The van der Waals surface area contributed by atoms with Crippen molar-refractivity contribution in [3.05, 3.63) is 82.9 Å². The Bertz CT molecular complexity index is 1190. The molecule has 1 aliphatic rings. The highest BCUT2D eigenvalue weighted by molar-refractivity contribution is 7.80. The first kappa shape index (κ1) is 24.9. The van der Waals surface area contributed by atoms with Gasteiger partial charge in [-0.05, 0) is 101 Å². The molecule has 3 aromatic rings. The van der Waals surface area contributed by atoms with Gasteiger partial charge in [-0.25, -0.2) is 4.79 Å². The van der Waals surface area contributed by atoms with E-state index in [0.29, 0.717) is 5.56 Å². The van der Waals surface area contributed by atoms with Crippen molar-refractivity contribution in [2.45, 2.75) is 32.4 Å². The van der Waals surface area contributed by atoms with Crippen LogP contribution in [-0.2, 0) is 4.74 Å². The smallest absolute Gasteiger partial charge is 0.337 e. The molecule has 1 aromatic carbocycles. The van der Waals surface area contributed by atoms with Gasteiger partial charge in [0.15, 0.2) is 5.11 Å². The molecule has 3 heterocycles. The zero-order valence-electron chi connectivity index (χ0n) is 21.0. The standard InChI is InChI=1S/C27H33N5O2S/c1-18-17-22(19(2)32(18)21-12-10-20(11-13-21)26(33)34-5)25-24(23-9-6-7-14-28-23)29-27(35)31(25)16-8-15-30(3)4/h6-7,9-14,17,24-25H,8,15-16H2,1-5H3,(H,29,35)/t24-,25+/m1/s1. The molecule has 8 heteroatoms. The monoisotopic (exact) mass is 491 g/mol. The van der Waals surface area contributed by atoms with Crippen LogP contribution in [0.25, 0.3) is 5.69 Å². The van der Waals surface area contributed by atoms with Crippen molar-refractivity contribution >= 4 is 23.3 Å². The molecule has 0 aliphatic carbocycles. The quantitative estimate of drug-likeness (QED) is 0.374. The highest BCUT2D eigenvalue weighted by Gasteiger charge is 2.41. The number of aryl methyl sites for hydroxylation is 1. The van der Waals surface area contributed by atoms with Gasteiger partial charge in [-0.3, -0.25) is 4.98 Å². The summed E-state index contributed by atoms with van der Waals surface area (Å²) in [5.74, 6) is -0.338. The number of hydrogen-bond donors (Lipinski definition) is 1. The van der Waals surface area contributed by atoms with E-state index in [1.165, 1.54) is 12.7 Å². The van der Waals surface area contributed by atoms with Crippen molar-refractivity contribution < 1.29 is 9.53 Å². The molecule has 7 nitrogen and oxygen atoms in total. The second kappa shape index (κ2) is 10.6. The Morgan fingerprint density at radius 2 is 1.91 bits per heavy atom. The molecule has 0 amide bonds. The molecular weight excluding hydrogens is 458 g/mol. The number of rotatable bonds is 8. The minimum Gasteiger partial charge on any atom is -0.465 e. The van der Waals surface area contributed by atoms with E-state index < -0.39 is 0 Å². The summed E-state index contributed by atoms with van der Waals surface area (Å²) in [4.78, 5) is 21.0. The fourth-order valence-corrected chi connectivity index (χ4v) is 5.22. The van der Waals surface area contributed by atoms with Crippen molar-refractivity contribution in [3.63, 3.8) is 0 Å². The summed E-state index contributed by atoms with van der Waals surface area (Å²) in [6.45, 7) is 6.10. The van der Waals surface area contributed by atoms with E-state index in [1.54, 1.807) is 12.1 Å². The van der Waals surface area contributed by atoms with E-state index in [0.717, 1.165) is 47.4 Å².